The molecule has 25 heavy (non-hydrogen) atoms. The zero-order valence-corrected chi connectivity index (χ0v) is 14.8. The van der Waals surface area contributed by atoms with Crippen molar-refractivity contribution in [3.63, 3.8) is 0 Å². The van der Waals surface area contributed by atoms with Crippen molar-refractivity contribution in [3.8, 4) is 0 Å². The molecule has 2 unspecified atom stereocenters. The van der Waals surface area contributed by atoms with E-state index < -0.39 is 0 Å². The number of carbonyl (C=O) groups excluding carboxylic acids is 3. The molecule has 2 aromatic rings. The van der Waals surface area contributed by atoms with Gasteiger partial charge in [0.05, 0.1) is 22.1 Å². The van der Waals surface area contributed by atoms with E-state index in [1.807, 2.05) is 25.1 Å². The molecule has 2 atom stereocenters. The van der Waals surface area contributed by atoms with Gasteiger partial charge in [-0.05, 0) is 31.4 Å². The number of nitrogens with zero attached hydrogens (tertiary/aromatic N) is 2. The maximum atomic E-state index is 12.4. The standard InChI is InChI=1S/C18H19N3O3S/c1-10-5-4-8-13-15(10)20-18(25-13)19-14(22)9-21-16(23)11-6-2-3-7-12(11)17(21)24/h4-5,8,11-12H,2-3,6-7,9H2,1H3,(H,19,20,22). The fraction of sp³-hybridized carbons (Fsp3) is 0.444. The molecular weight excluding hydrogens is 338 g/mol. The monoisotopic (exact) mass is 357 g/mol. The van der Waals surface area contributed by atoms with E-state index in [-0.39, 0.29) is 36.1 Å². The van der Waals surface area contributed by atoms with Crippen LogP contribution in [0.3, 0.4) is 0 Å². The summed E-state index contributed by atoms with van der Waals surface area (Å²) in [6.07, 6.45) is 3.46. The zero-order valence-electron chi connectivity index (χ0n) is 13.9. The second-order valence-electron chi connectivity index (χ2n) is 6.75. The number of thiazole rings is 1. The summed E-state index contributed by atoms with van der Waals surface area (Å²) >= 11 is 1.39. The minimum absolute atomic E-state index is 0.190. The number of likely N-dealkylation sites (tertiary alicyclic amines) is 1. The van der Waals surface area contributed by atoms with Crippen LogP contribution in [0, 0.1) is 18.8 Å². The summed E-state index contributed by atoms with van der Waals surface area (Å²) in [7, 11) is 0. The minimum atomic E-state index is -0.378. The number of carbonyl (C=O) groups is 3. The minimum Gasteiger partial charge on any atom is -0.300 e. The first-order valence-corrected chi connectivity index (χ1v) is 9.37. The zero-order chi connectivity index (χ0) is 17.6. The molecule has 0 radical (unpaired) electrons. The first kappa shape index (κ1) is 16.2. The average Bonchev–Trinajstić information content (AvgIpc) is 3.11. The Kier molecular flexibility index (Phi) is 4.03. The fourth-order valence-electron chi connectivity index (χ4n) is 3.83. The summed E-state index contributed by atoms with van der Waals surface area (Å²) in [6, 6.07) is 5.87. The van der Waals surface area contributed by atoms with E-state index in [2.05, 4.69) is 10.3 Å². The van der Waals surface area contributed by atoms with Crippen molar-refractivity contribution in [2.75, 3.05) is 11.9 Å². The highest BCUT2D eigenvalue weighted by atomic mass is 32.1. The molecule has 6 nitrogen and oxygen atoms in total. The smallest absolute Gasteiger partial charge is 0.246 e. The molecule has 4 rings (SSSR count). The van der Waals surface area contributed by atoms with Gasteiger partial charge in [-0.25, -0.2) is 4.98 Å². The van der Waals surface area contributed by atoms with E-state index in [9.17, 15) is 14.4 Å². The van der Waals surface area contributed by atoms with E-state index in [0.29, 0.717) is 5.13 Å². The number of rotatable bonds is 3. The molecule has 0 spiro atoms. The quantitative estimate of drug-likeness (QED) is 0.857. The van der Waals surface area contributed by atoms with Crippen molar-refractivity contribution in [2.45, 2.75) is 32.6 Å². The van der Waals surface area contributed by atoms with Crippen molar-refractivity contribution < 1.29 is 14.4 Å². The Labute approximate surface area is 149 Å². The van der Waals surface area contributed by atoms with Crippen LogP contribution in [0.5, 0.6) is 0 Å². The fourth-order valence-corrected chi connectivity index (χ4v) is 4.79. The number of para-hydroxylation sites is 1. The number of fused-ring (bicyclic) bond motifs is 2. The highest BCUT2D eigenvalue weighted by molar-refractivity contribution is 7.22. The molecule has 2 fully saturated rings. The lowest BCUT2D eigenvalue weighted by molar-refractivity contribution is -0.142. The average molecular weight is 357 g/mol. The van der Waals surface area contributed by atoms with Crippen LogP contribution < -0.4 is 5.32 Å². The molecule has 1 saturated heterocycles. The van der Waals surface area contributed by atoms with Gasteiger partial charge in [0.2, 0.25) is 17.7 Å². The van der Waals surface area contributed by atoms with Gasteiger partial charge in [0, 0.05) is 0 Å². The van der Waals surface area contributed by atoms with Crippen LogP contribution >= 0.6 is 11.3 Å². The first-order chi connectivity index (χ1) is 12.0. The van der Waals surface area contributed by atoms with E-state index in [0.717, 1.165) is 46.4 Å². The summed E-state index contributed by atoms with van der Waals surface area (Å²) in [4.78, 5) is 42.8. The van der Waals surface area contributed by atoms with Crippen molar-refractivity contribution in [1.82, 2.24) is 9.88 Å². The number of amides is 3. The van der Waals surface area contributed by atoms with Gasteiger partial charge in [0.25, 0.3) is 0 Å². The lowest BCUT2D eigenvalue weighted by atomic mass is 9.81. The van der Waals surface area contributed by atoms with E-state index in [1.54, 1.807) is 0 Å². The Balaban J connectivity index is 1.47. The molecule has 3 amide bonds. The number of aromatic nitrogens is 1. The Morgan fingerprint density at radius 2 is 1.92 bits per heavy atom. The van der Waals surface area contributed by atoms with E-state index in [4.69, 9.17) is 0 Å². The molecule has 1 aliphatic heterocycles. The number of nitrogens with one attached hydrogen (secondary N) is 1. The molecule has 2 heterocycles. The van der Waals surface area contributed by atoms with Gasteiger partial charge < -0.3 is 5.32 Å². The van der Waals surface area contributed by atoms with Crippen molar-refractivity contribution in [2.24, 2.45) is 11.8 Å². The highest BCUT2D eigenvalue weighted by Crippen LogP contribution is 2.38. The number of hydrogen-bond donors (Lipinski definition) is 1. The van der Waals surface area contributed by atoms with Crippen LogP contribution in [0.1, 0.15) is 31.2 Å². The highest BCUT2D eigenvalue weighted by Gasteiger charge is 2.48. The van der Waals surface area contributed by atoms with Gasteiger partial charge in [-0.15, -0.1) is 0 Å². The molecule has 2 aliphatic rings. The summed E-state index contributed by atoms with van der Waals surface area (Å²) < 4.78 is 0.995. The maximum absolute atomic E-state index is 12.4. The Morgan fingerprint density at radius 1 is 1.24 bits per heavy atom. The predicted molar refractivity (Wildman–Crippen MR) is 95.2 cm³/mol. The largest absolute Gasteiger partial charge is 0.300 e. The Hall–Kier alpha value is -2.28. The number of hydrogen-bond acceptors (Lipinski definition) is 5. The summed E-state index contributed by atoms with van der Waals surface area (Å²) in [5.74, 6) is -1.20. The van der Waals surface area contributed by atoms with Crippen molar-refractivity contribution in [1.29, 1.82) is 0 Å². The Morgan fingerprint density at radius 3 is 2.56 bits per heavy atom. The number of aryl methyl sites for hydroxylation is 1. The van der Waals surface area contributed by atoms with E-state index >= 15 is 0 Å². The third-order valence-electron chi connectivity index (χ3n) is 5.10. The second-order valence-corrected chi connectivity index (χ2v) is 7.78. The van der Waals surface area contributed by atoms with Crippen LogP contribution in [0.15, 0.2) is 18.2 Å². The van der Waals surface area contributed by atoms with Gasteiger partial charge >= 0.3 is 0 Å². The Bertz CT molecular complexity index is 852. The topological polar surface area (TPSA) is 79.4 Å². The normalized spacial score (nSPS) is 23.2. The molecule has 130 valence electrons. The molecule has 0 bridgehead atoms. The molecule has 1 aliphatic carbocycles. The number of imide groups is 1. The van der Waals surface area contributed by atoms with Crippen LogP contribution in [0.25, 0.3) is 10.2 Å². The van der Waals surface area contributed by atoms with Gasteiger partial charge in [0.15, 0.2) is 5.13 Å². The molecule has 1 aromatic carbocycles. The number of anilines is 1. The molecule has 7 heteroatoms. The van der Waals surface area contributed by atoms with Gasteiger partial charge in [-0.3, -0.25) is 19.3 Å². The molecular formula is C18H19N3O3S. The number of benzene rings is 1. The first-order valence-electron chi connectivity index (χ1n) is 8.56. The second kappa shape index (κ2) is 6.22. The van der Waals surface area contributed by atoms with Crippen LogP contribution in [0.4, 0.5) is 5.13 Å². The van der Waals surface area contributed by atoms with Crippen LogP contribution in [-0.4, -0.2) is 34.2 Å². The van der Waals surface area contributed by atoms with E-state index in [1.165, 1.54) is 11.3 Å². The third kappa shape index (κ3) is 2.82. The van der Waals surface area contributed by atoms with Crippen LogP contribution in [0.2, 0.25) is 0 Å². The third-order valence-corrected chi connectivity index (χ3v) is 6.04. The van der Waals surface area contributed by atoms with Crippen molar-refractivity contribution in [3.05, 3.63) is 23.8 Å². The summed E-state index contributed by atoms with van der Waals surface area (Å²) in [5.41, 5.74) is 1.91. The predicted octanol–water partition coefficient (Wildman–Crippen LogP) is 2.72. The van der Waals surface area contributed by atoms with Gasteiger partial charge in [-0.2, -0.15) is 0 Å². The molecule has 1 N–H and O–H groups in total. The summed E-state index contributed by atoms with van der Waals surface area (Å²) in [5, 5.41) is 3.22. The maximum Gasteiger partial charge on any atom is 0.246 e. The van der Waals surface area contributed by atoms with Crippen LogP contribution in [-0.2, 0) is 14.4 Å². The SMILES string of the molecule is Cc1cccc2sc(NC(=O)CN3C(=O)C4CCCCC4C3=O)nc12. The van der Waals surface area contributed by atoms with Gasteiger partial charge in [0.1, 0.15) is 6.54 Å². The van der Waals surface area contributed by atoms with Crippen molar-refractivity contribution >= 4 is 44.4 Å². The molecule has 1 aromatic heterocycles. The molecule has 1 saturated carbocycles. The van der Waals surface area contributed by atoms with Gasteiger partial charge in [-0.1, -0.05) is 36.3 Å². The summed E-state index contributed by atoms with van der Waals surface area (Å²) in [6.45, 7) is 1.75. The lowest BCUT2D eigenvalue weighted by Gasteiger charge is -2.19. The lowest BCUT2D eigenvalue weighted by Crippen LogP contribution is -2.38.